The maximum Gasteiger partial charge on any atom is 0.309 e. The highest BCUT2D eigenvalue weighted by molar-refractivity contribution is 5.83. The molecule has 7 heteroatoms. The van der Waals surface area contributed by atoms with E-state index in [0.717, 1.165) is 61.3 Å². The number of nitrogens with one attached hydrogen (secondary N) is 2. The summed E-state index contributed by atoms with van der Waals surface area (Å²) in [6.07, 6.45) is 4.28. The molecule has 2 aromatic rings. The van der Waals surface area contributed by atoms with Gasteiger partial charge in [0, 0.05) is 43.3 Å². The van der Waals surface area contributed by atoms with Crippen molar-refractivity contribution in [3.8, 4) is 0 Å². The van der Waals surface area contributed by atoms with E-state index in [-0.39, 0.29) is 17.7 Å². The van der Waals surface area contributed by atoms with Gasteiger partial charge in [0.15, 0.2) is 5.96 Å². The van der Waals surface area contributed by atoms with Crippen LogP contribution < -0.4 is 5.32 Å². The summed E-state index contributed by atoms with van der Waals surface area (Å²) in [5.74, 6) is 0.556. The first-order chi connectivity index (χ1) is 13.6. The maximum absolute atomic E-state index is 13.3. The quantitative estimate of drug-likeness (QED) is 0.453. The van der Waals surface area contributed by atoms with Crippen molar-refractivity contribution in [2.75, 3.05) is 32.8 Å². The van der Waals surface area contributed by atoms with E-state index in [9.17, 15) is 9.18 Å². The molecule has 6 nitrogen and oxygen atoms in total. The van der Waals surface area contributed by atoms with Crippen molar-refractivity contribution >= 4 is 22.8 Å². The fourth-order valence-electron chi connectivity index (χ4n) is 3.66. The number of piperidine rings is 1. The van der Waals surface area contributed by atoms with Gasteiger partial charge in [0.25, 0.3) is 0 Å². The predicted octanol–water partition coefficient (Wildman–Crippen LogP) is 3.09. The molecule has 1 fully saturated rings. The topological polar surface area (TPSA) is 69.7 Å². The number of benzene rings is 1. The summed E-state index contributed by atoms with van der Waals surface area (Å²) in [5, 5.41) is 4.39. The largest absolute Gasteiger partial charge is 0.466 e. The third kappa shape index (κ3) is 4.82. The van der Waals surface area contributed by atoms with E-state index in [4.69, 9.17) is 9.73 Å². The molecule has 3 rings (SSSR count). The number of aromatic amines is 1. The number of halogens is 1. The smallest absolute Gasteiger partial charge is 0.309 e. The van der Waals surface area contributed by atoms with Crippen LogP contribution in [0.25, 0.3) is 10.9 Å². The van der Waals surface area contributed by atoms with Crippen molar-refractivity contribution in [1.82, 2.24) is 15.2 Å². The molecule has 0 bridgehead atoms. The highest BCUT2D eigenvalue weighted by Gasteiger charge is 2.27. The molecule has 28 heavy (non-hydrogen) atoms. The Labute approximate surface area is 165 Å². The number of fused-ring (bicyclic) bond motifs is 1. The van der Waals surface area contributed by atoms with Gasteiger partial charge in [-0.1, -0.05) is 0 Å². The van der Waals surface area contributed by atoms with Gasteiger partial charge in [-0.2, -0.15) is 0 Å². The molecular formula is C21H29FN4O2. The van der Waals surface area contributed by atoms with Gasteiger partial charge in [0.2, 0.25) is 0 Å². The number of rotatable bonds is 6. The lowest BCUT2D eigenvalue weighted by molar-refractivity contribution is -0.149. The molecule has 1 aromatic heterocycles. The zero-order chi connectivity index (χ0) is 19.9. The molecule has 0 unspecified atom stereocenters. The molecule has 0 saturated carbocycles. The molecule has 2 heterocycles. The zero-order valence-electron chi connectivity index (χ0n) is 16.6. The Hall–Kier alpha value is -2.57. The summed E-state index contributed by atoms with van der Waals surface area (Å²) in [5.41, 5.74) is 1.95. The number of guanidine groups is 1. The van der Waals surface area contributed by atoms with Crippen molar-refractivity contribution in [2.45, 2.75) is 33.1 Å². The zero-order valence-corrected chi connectivity index (χ0v) is 16.6. The number of hydrogen-bond donors (Lipinski definition) is 2. The third-order valence-corrected chi connectivity index (χ3v) is 5.12. The minimum atomic E-state index is -0.237. The number of aliphatic imine (C=N–C) groups is 1. The molecule has 0 radical (unpaired) electrons. The summed E-state index contributed by atoms with van der Waals surface area (Å²) in [7, 11) is 0. The number of aromatic nitrogens is 1. The summed E-state index contributed by atoms with van der Waals surface area (Å²) in [6.45, 7) is 7.35. The average molecular weight is 388 g/mol. The van der Waals surface area contributed by atoms with E-state index in [1.165, 1.54) is 12.1 Å². The molecular weight excluding hydrogens is 359 g/mol. The van der Waals surface area contributed by atoms with Crippen LogP contribution in [0.4, 0.5) is 4.39 Å². The van der Waals surface area contributed by atoms with E-state index in [1.807, 2.05) is 19.2 Å². The van der Waals surface area contributed by atoms with E-state index in [0.29, 0.717) is 13.2 Å². The summed E-state index contributed by atoms with van der Waals surface area (Å²) in [4.78, 5) is 22.0. The lowest BCUT2D eigenvalue weighted by Gasteiger charge is -2.33. The van der Waals surface area contributed by atoms with E-state index in [1.54, 1.807) is 0 Å². The predicted molar refractivity (Wildman–Crippen MR) is 109 cm³/mol. The lowest BCUT2D eigenvalue weighted by Crippen LogP contribution is -2.46. The Bertz CT molecular complexity index is 825. The monoisotopic (exact) mass is 388 g/mol. The molecule has 152 valence electrons. The molecule has 1 aliphatic rings. The van der Waals surface area contributed by atoms with Crippen molar-refractivity contribution in [3.63, 3.8) is 0 Å². The van der Waals surface area contributed by atoms with Gasteiger partial charge in [0.05, 0.1) is 12.5 Å². The number of hydrogen-bond acceptors (Lipinski definition) is 3. The number of carbonyl (C=O) groups excluding carboxylic acids is 1. The van der Waals surface area contributed by atoms with E-state index >= 15 is 0 Å². The normalized spacial score (nSPS) is 15.8. The molecule has 0 amide bonds. The van der Waals surface area contributed by atoms with Gasteiger partial charge in [-0.05, 0) is 56.9 Å². The Morgan fingerprint density at radius 1 is 1.36 bits per heavy atom. The SMILES string of the molecule is CCNC(=NCCc1c[nH]c2cc(F)ccc12)N1CCC(C(=O)OCC)CC1. The summed E-state index contributed by atoms with van der Waals surface area (Å²) < 4.78 is 18.5. The van der Waals surface area contributed by atoms with Gasteiger partial charge in [-0.3, -0.25) is 9.79 Å². The molecule has 1 saturated heterocycles. The van der Waals surface area contributed by atoms with E-state index in [2.05, 4.69) is 22.1 Å². The second-order valence-corrected chi connectivity index (χ2v) is 7.00. The minimum absolute atomic E-state index is 0.00862. The Kier molecular flexibility index (Phi) is 6.90. The van der Waals surface area contributed by atoms with Crippen LogP contribution in [0.3, 0.4) is 0 Å². The molecule has 0 atom stereocenters. The first-order valence-electron chi connectivity index (χ1n) is 10.1. The first-order valence-corrected chi connectivity index (χ1v) is 10.1. The molecule has 2 N–H and O–H groups in total. The van der Waals surface area contributed by atoms with Crippen LogP contribution in [0.1, 0.15) is 32.3 Å². The van der Waals surface area contributed by atoms with E-state index < -0.39 is 0 Å². The maximum atomic E-state index is 13.3. The fourth-order valence-corrected chi connectivity index (χ4v) is 3.66. The number of H-pyrrole nitrogens is 1. The Morgan fingerprint density at radius 3 is 2.86 bits per heavy atom. The fraction of sp³-hybridized carbons (Fsp3) is 0.524. The number of ether oxygens (including phenoxy) is 1. The number of likely N-dealkylation sites (tertiary alicyclic amines) is 1. The third-order valence-electron chi connectivity index (χ3n) is 5.12. The van der Waals surface area contributed by atoms with Crippen molar-refractivity contribution in [2.24, 2.45) is 10.9 Å². The average Bonchev–Trinajstić information content (AvgIpc) is 3.09. The van der Waals surface area contributed by atoms with Gasteiger partial charge in [-0.15, -0.1) is 0 Å². The van der Waals surface area contributed by atoms with Crippen LogP contribution in [0, 0.1) is 11.7 Å². The highest BCUT2D eigenvalue weighted by atomic mass is 19.1. The Morgan fingerprint density at radius 2 is 2.14 bits per heavy atom. The van der Waals surface area contributed by atoms with Crippen molar-refractivity contribution < 1.29 is 13.9 Å². The van der Waals surface area contributed by atoms with Crippen LogP contribution in [0.15, 0.2) is 29.4 Å². The van der Waals surface area contributed by atoms with Crippen LogP contribution in [0.2, 0.25) is 0 Å². The van der Waals surface area contributed by atoms with Crippen molar-refractivity contribution in [3.05, 3.63) is 35.8 Å². The van der Waals surface area contributed by atoms with Crippen LogP contribution in [0.5, 0.6) is 0 Å². The molecule has 0 aliphatic carbocycles. The van der Waals surface area contributed by atoms with Crippen LogP contribution in [-0.4, -0.2) is 54.6 Å². The second kappa shape index (κ2) is 9.57. The first kappa shape index (κ1) is 20.2. The number of carbonyl (C=O) groups is 1. The van der Waals surface area contributed by atoms with Gasteiger partial charge < -0.3 is 19.9 Å². The molecule has 0 spiro atoms. The summed E-state index contributed by atoms with van der Waals surface area (Å²) >= 11 is 0. The Balaban J connectivity index is 1.59. The molecule has 1 aromatic carbocycles. The minimum Gasteiger partial charge on any atom is -0.466 e. The lowest BCUT2D eigenvalue weighted by atomic mass is 9.97. The molecule has 1 aliphatic heterocycles. The van der Waals surface area contributed by atoms with Gasteiger partial charge in [-0.25, -0.2) is 4.39 Å². The van der Waals surface area contributed by atoms with Crippen molar-refractivity contribution in [1.29, 1.82) is 0 Å². The van der Waals surface area contributed by atoms with Crippen LogP contribution >= 0.6 is 0 Å². The van der Waals surface area contributed by atoms with Gasteiger partial charge in [0.1, 0.15) is 5.82 Å². The summed E-state index contributed by atoms with van der Waals surface area (Å²) in [6, 6.07) is 4.81. The number of esters is 1. The number of nitrogens with zero attached hydrogens (tertiary/aromatic N) is 2. The standard InChI is InChI=1S/C21H29FN4O2/c1-3-23-21(26-11-8-15(9-12-26)20(27)28-4-2)24-10-7-16-14-25-19-13-17(22)5-6-18(16)19/h5-6,13-15,25H,3-4,7-12H2,1-2H3,(H,23,24). The second-order valence-electron chi connectivity index (χ2n) is 7.00. The van der Waals surface area contributed by atoms with Gasteiger partial charge >= 0.3 is 5.97 Å². The van der Waals surface area contributed by atoms with Crippen LogP contribution in [-0.2, 0) is 16.0 Å². The highest BCUT2D eigenvalue weighted by Crippen LogP contribution is 2.21.